The minimum absolute atomic E-state index is 0.190. The molecule has 0 aliphatic carbocycles. The molecule has 0 amide bonds. The van der Waals surface area contributed by atoms with Crippen LogP contribution in [0.15, 0.2) is 41.4 Å². The van der Waals surface area contributed by atoms with Crippen molar-refractivity contribution in [1.82, 2.24) is 9.88 Å². The Morgan fingerprint density at radius 1 is 1.32 bits per heavy atom. The molecular formula is C19H24ClN3O2. The normalized spacial score (nSPS) is 12.2. The van der Waals surface area contributed by atoms with Gasteiger partial charge in [0.2, 0.25) is 5.88 Å². The predicted octanol–water partition coefficient (Wildman–Crippen LogP) is 4.50. The lowest BCUT2D eigenvalue weighted by atomic mass is 10.3. The van der Waals surface area contributed by atoms with E-state index in [1.807, 2.05) is 56.1 Å². The van der Waals surface area contributed by atoms with Crippen LogP contribution >= 0.6 is 11.6 Å². The van der Waals surface area contributed by atoms with E-state index >= 15 is 0 Å². The van der Waals surface area contributed by atoms with E-state index in [0.29, 0.717) is 17.5 Å². The van der Waals surface area contributed by atoms with Gasteiger partial charge in [-0.15, -0.1) is 0 Å². The Kier molecular flexibility index (Phi) is 7.07. The monoisotopic (exact) mass is 361 g/mol. The van der Waals surface area contributed by atoms with Gasteiger partial charge in [-0.3, -0.25) is 0 Å². The third kappa shape index (κ3) is 5.94. The highest BCUT2D eigenvalue weighted by Gasteiger charge is 2.13. The van der Waals surface area contributed by atoms with Crippen LogP contribution in [0.25, 0.3) is 0 Å². The molecule has 2 rings (SSSR count). The predicted molar refractivity (Wildman–Crippen MR) is 102 cm³/mol. The largest absolute Gasteiger partial charge is 0.490 e. The van der Waals surface area contributed by atoms with Gasteiger partial charge in [0.15, 0.2) is 0 Å². The molecule has 0 spiro atoms. The van der Waals surface area contributed by atoms with Crippen molar-refractivity contribution in [2.24, 2.45) is 4.99 Å². The molecule has 0 N–H and O–H groups in total. The van der Waals surface area contributed by atoms with E-state index < -0.39 is 0 Å². The highest BCUT2D eigenvalue weighted by atomic mass is 35.5. The molecule has 0 bridgehead atoms. The first-order chi connectivity index (χ1) is 12.0. The third-order valence-electron chi connectivity index (χ3n) is 3.54. The Labute approximate surface area is 154 Å². The van der Waals surface area contributed by atoms with Crippen LogP contribution < -0.4 is 9.47 Å². The molecule has 0 saturated carbocycles. The number of aliphatic imine (C=N–C) groups is 1. The van der Waals surface area contributed by atoms with Gasteiger partial charge < -0.3 is 14.4 Å². The lowest BCUT2D eigenvalue weighted by Crippen LogP contribution is -2.21. The lowest BCUT2D eigenvalue weighted by Gasteiger charge is -2.16. The van der Waals surface area contributed by atoms with Gasteiger partial charge in [0.1, 0.15) is 23.5 Å². The summed E-state index contributed by atoms with van der Waals surface area (Å²) in [6, 6.07) is 11.4. The summed E-state index contributed by atoms with van der Waals surface area (Å²) in [6.45, 7) is 7.14. The van der Waals surface area contributed by atoms with E-state index in [-0.39, 0.29) is 6.10 Å². The number of hydrogen-bond donors (Lipinski definition) is 0. The number of rotatable bonds is 8. The number of nitrogens with zero attached hydrogens (tertiary/aromatic N) is 3. The van der Waals surface area contributed by atoms with E-state index in [0.717, 1.165) is 23.7 Å². The molecule has 0 saturated heterocycles. The van der Waals surface area contributed by atoms with Gasteiger partial charge in [-0.25, -0.2) is 9.98 Å². The Balaban J connectivity index is 1.99. The summed E-state index contributed by atoms with van der Waals surface area (Å²) in [5.41, 5.74) is 1.49. The fourth-order valence-corrected chi connectivity index (χ4v) is 2.15. The maximum absolute atomic E-state index is 6.30. The summed E-state index contributed by atoms with van der Waals surface area (Å²) in [5.74, 6) is 1.20. The van der Waals surface area contributed by atoms with Crippen LogP contribution in [0.2, 0.25) is 5.02 Å². The van der Waals surface area contributed by atoms with E-state index in [1.165, 1.54) is 0 Å². The van der Waals surface area contributed by atoms with E-state index in [1.54, 1.807) is 12.4 Å². The highest BCUT2D eigenvalue weighted by molar-refractivity contribution is 6.32. The fourth-order valence-electron chi connectivity index (χ4n) is 1.96. The zero-order valence-electron chi connectivity index (χ0n) is 15.1. The first-order valence-electron chi connectivity index (χ1n) is 8.25. The van der Waals surface area contributed by atoms with Crippen LogP contribution in [-0.2, 0) is 0 Å². The molecule has 1 aromatic carbocycles. The van der Waals surface area contributed by atoms with Gasteiger partial charge in [-0.1, -0.05) is 29.8 Å². The average Bonchev–Trinajstić information content (AvgIpc) is 2.62. The number of benzene rings is 1. The second-order valence-electron chi connectivity index (χ2n) is 5.75. The number of pyridine rings is 1. The van der Waals surface area contributed by atoms with Gasteiger partial charge in [-0.05, 0) is 39.0 Å². The molecule has 25 heavy (non-hydrogen) atoms. The third-order valence-corrected chi connectivity index (χ3v) is 3.81. The van der Waals surface area contributed by atoms with Crippen molar-refractivity contribution in [2.75, 3.05) is 20.2 Å². The molecule has 1 aromatic heterocycles. The van der Waals surface area contributed by atoms with Crippen molar-refractivity contribution < 1.29 is 9.47 Å². The molecule has 6 heteroatoms. The van der Waals surface area contributed by atoms with Crippen molar-refractivity contribution in [3.8, 4) is 11.6 Å². The molecule has 1 atom stereocenters. The van der Waals surface area contributed by atoms with Gasteiger partial charge >= 0.3 is 0 Å². The number of para-hydroxylation sites is 1. The summed E-state index contributed by atoms with van der Waals surface area (Å²) >= 11 is 6.30. The van der Waals surface area contributed by atoms with Crippen LogP contribution in [0.3, 0.4) is 0 Å². The van der Waals surface area contributed by atoms with E-state index in [9.17, 15) is 0 Å². The second kappa shape index (κ2) is 9.28. The van der Waals surface area contributed by atoms with Crippen LogP contribution in [0.4, 0.5) is 5.69 Å². The molecule has 5 nitrogen and oxygen atoms in total. The molecule has 134 valence electrons. The smallest absolute Gasteiger partial charge is 0.233 e. The van der Waals surface area contributed by atoms with Crippen molar-refractivity contribution in [3.63, 3.8) is 0 Å². The minimum atomic E-state index is -0.190. The molecule has 0 aliphatic heterocycles. The van der Waals surface area contributed by atoms with Gasteiger partial charge in [0, 0.05) is 13.6 Å². The van der Waals surface area contributed by atoms with E-state index in [2.05, 4.69) is 16.9 Å². The number of aryl methyl sites for hydroxylation is 1. The van der Waals surface area contributed by atoms with E-state index in [4.69, 9.17) is 21.1 Å². The van der Waals surface area contributed by atoms with Crippen molar-refractivity contribution >= 4 is 23.6 Å². The number of ether oxygens (including phenoxy) is 2. The maximum Gasteiger partial charge on any atom is 0.233 e. The topological polar surface area (TPSA) is 47.0 Å². The van der Waals surface area contributed by atoms with Crippen LogP contribution in [0, 0.1) is 6.92 Å². The molecule has 2 aromatic rings. The minimum Gasteiger partial charge on any atom is -0.490 e. The Morgan fingerprint density at radius 2 is 2.04 bits per heavy atom. The molecule has 0 radical (unpaired) electrons. The van der Waals surface area contributed by atoms with Crippen LogP contribution in [0.5, 0.6) is 11.6 Å². The molecule has 0 fully saturated rings. The van der Waals surface area contributed by atoms with Gasteiger partial charge in [-0.2, -0.15) is 0 Å². The molecular weight excluding hydrogens is 338 g/mol. The summed E-state index contributed by atoms with van der Waals surface area (Å²) < 4.78 is 11.5. The summed E-state index contributed by atoms with van der Waals surface area (Å²) in [5, 5.41) is 0.434. The van der Waals surface area contributed by atoms with Crippen LogP contribution in [-0.4, -0.2) is 42.5 Å². The molecule has 1 heterocycles. The first-order valence-corrected chi connectivity index (χ1v) is 8.63. The van der Waals surface area contributed by atoms with Gasteiger partial charge in [0.25, 0.3) is 0 Å². The standard InChI is InChI=1S/C19H24ClN3O2/c1-5-23(4)13-21-18-11-17(20)19(22-15(18)3)25-14(2)12-24-16-9-7-6-8-10-16/h6-11,13-14H,5,12H2,1-4H3/b21-13-. The lowest BCUT2D eigenvalue weighted by molar-refractivity contribution is 0.138. The SMILES string of the molecule is CCN(C)/C=N\c1cc(Cl)c(OC(C)COc2ccccc2)nc1C. The number of hydrogen-bond acceptors (Lipinski definition) is 4. The first kappa shape index (κ1) is 19.1. The van der Waals surface area contributed by atoms with Gasteiger partial charge in [0.05, 0.1) is 17.7 Å². The Bertz CT molecular complexity index is 707. The maximum atomic E-state index is 6.30. The Morgan fingerprint density at radius 3 is 2.72 bits per heavy atom. The second-order valence-corrected chi connectivity index (χ2v) is 6.16. The average molecular weight is 362 g/mol. The number of halogens is 1. The van der Waals surface area contributed by atoms with Crippen molar-refractivity contribution in [2.45, 2.75) is 26.9 Å². The van der Waals surface area contributed by atoms with Crippen LogP contribution in [0.1, 0.15) is 19.5 Å². The summed E-state index contributed by atoms with van der Waals surface area (Å²) in [7, 11) is 1.96. The summed E-state index contributed by atoms with van der Waals surface area (Å²) in [6.07, 6.45) is 1.57. The highest BCUT2D eigenvalue weighted by Crippen LogP contribution is 2.29. The quantitative estimate of drug-likeness (QED) is 0.513. The van der Waals surface area contributed by atoms with Crippen molar-refractivity contribution in [3.05, 3.63) is 47.1 Å². The molecule has 0 aliphatic rings. The molecule has 1 unspecified atom stereocenters. The van der Waals surface area contributed by atoms with Crippen molar-refractivity contribution in [1.29, 1.82) is 0 Å². The number of aromatic nitrogens is 1. The zero-order valence-corrected chi connectivity index (χ0v) is 15.8. The summed E-state index contributed by atoms with van der Waals surface area (Å²) in [4.78, 5) is 10.8. The fraction of sp³-hybridized carbons (Fsp3) is 0.368. The Hall–Kier alpha value is -2.27. The zero-order chi connectivity index (χ0) is 18.2.